The summed E-state index contributed by atoms with van der Waals surface area (Å²) in [5, 5.41) is 10.7. The Morgan fingerprint density at radius 2 is 0.454 bits per heavy atom. The van der Waals surface area contributed by atoms with Gasteiger partial charge in [-0.1, -0.05) is 273 Å². The predicted molar refractivity (Wildman–Crippen MR) is 445 cm³/mol. The summed E-state index contributed by atoms with van der Waals surface area (Å²) >= 11 is 0. The minimum atomic E-state index is -5.01. The molecule has 108 heavy (non-hydrogen) atoms. The summed E-state index contributed by atoms with van der Waals surface area (Å²) in [5.74, 6) is -2.32. The number of aliphatic hydroxyl groups is 1. The molecule has 19 heteroatoms. The second kappa shape index (κ2) is 79.0. The molecular weight excluding hydrogens is 1400 g/mol. The average molecular weight is 1550 g/mol. The maximum absolute atomic E-state index is 13.1. The van der Waals surface area contributed by atoms with Gasteiger partial charge in [-0.3, -0.25) is 37.3 Å². The van der Waals surface area contributed by atoms with Crippen molar-refractivity contribution in [1.29, 1.82) is 0 Å². The largest absolute Gasteiger partial charge is 0.472 e. The molecule has 0 aliphatic heterocycles. The Bertz CT molecular complexity index is 2630. The molecular formula is C89H142O17P2. The Hall–Kier alpha value is -6.10. The zero-order valence-corrected chi connectivity index (χ0v) is 68.5. The molecule has 0 aromatic heterocycles. The van der Waals surface area contributed by atoms with Gasteiger partial charge in [-0.05, 0) is 180 Å². The van der Waals surface area contributed by atoms with E-state index in [1.54, 1.807) is 0 Å². The maximum Gasteiger partial charge on any atom is 0.472 e. The molecule has 4 atom stereocenters. The summed E-state index contributed by atoms with van der Waals surface area (Å²) in [5.41, 5.74) is 0. The van der Waals surface area contributed by atoms with Crippen LogP contribution < -0.4 is 0 Å². The number of esters is 4. The molecule has 610 valence electrons. The quantitative estimate of drug-likeness (QED) is 0.0169. The first-order valence-corrected chi connectivity index (χ1v) is 43.7. The van der Waals surface area contributed by atoms with Crippen LogP contribution in [0.1, 0.15) is 285 Å². The highest BCUT2D eigenvalue weighted by molar-refractivity contribution is 7.47. The number of hydrogen-bond acceptors (Lipinski definition) is 15. The third-order valence-electron chi connectivity index (χ3n) is 16.0. The third-order valence-corrected chi connectivity index (χ3v) is 17.9. The van der Waals surface area contributed by atoms with Crippen molar-refractivity contribution in [2.75, 3.05) is 39.6 Å². The van der Waals surface area contributed by atoms with E-state index in [0.29, 0.717) is 38.5 Å². The Balaban J connectivity index is 5.47. The van der Waals surface area contributed by atoms with Crippen molar-refractivity contribution in [3.05, 3.63) is 194 Å². The molecule has 0 spiro atoms. The molecule has 0 saturated heterocycles. The lowest BCUT2D eigenvalue weighted by molar-refractivity contribution is -0.161. The molecule has 0 heterocycles. The summed E-state index contributed by atoms with van der Waals surface area (Å²) < 4.78 is 68.6. The van der Waals surface area contributed by atoms with Gasteiger partial charge in [0.2, 0.25) is 0 Å². The number of aliphatic hydroxyl groups excluding tert-OH is 1. The van der Waals surface area contributed by atoms with Gasteiger partial charge in [-0.25, -0.2) is 9.13 Å². The van der Waals surface area contributed by atoms with Gasteiger partial charge >= 0.3 is 39.5 Å². The molecule has 0 aliphatic carbocycles. The van der Waals surface area contributed by atoms with Gasteiger partial charge < -0.3 is 33.8 Å². The standard InChI is InChI=1S/C89H142O17P2/c1-5-9-13-17-21-25-29-33-37-39-41-43-47-49-53-57-61-65-69-73-86(91)99-79-84(105-88(93)75-71-67-63-59-55-51-45-35-31-27-23-19-15-11-7-3)81-103-107(95,96)101-77-83(90)78-102-108(97,98)104-82-85(106-89(94)76-72-68-64-60-56-52-46-36-32-28-24-20-16-12-8-4)80-100-87(92)74-70-66-62-58-54-50-48-44-42-40-38-34-30-26-22-18-14-10-6-2/h9-16,21-28,33-38,41-46,55-56,59-60,83-85,90H,5-8,17-20,29-32,39-40,47-54,57-58,61-82H2,1-4H3,(H,95,96)(H,97,98)/b13-9-,14-10-,15-11-,16-12-,25-21-,26-22-,27-23-,28-24-,37-33-,38-34-,43-41-,44-42-,45-35-,46-36-,59-55-,60-56-. The first kappa shape index (κ1) is 102. The van der Waals surface area contributed by atoms with Crippen LogP contribution in [0.5, 0.6) is 0 Å². The molecule has 0 aromatic rings. The Morgan fingerprint density at radius 3 is 0.713 bits per heavy atom. The first-order chi connectivity index (χ1) is 52.7. The SMILES string of the molecule is CC/C=C\C/C=C\C/C=C\C/C=C\CCCCCCCCC(=O)OCC(COP(=O)(O)OCC(O)COP(=O)(O)OCC(COC(=O)CCCCCCCC/C=C\C/C=C\C/C=C\C/C=C\CC)OC(=O)CCCC/C=C\C/C=C\C/C=C\C/C=C\CC)OC(=O)CCCC/C=C\C/C=C\C/C=C\C/C=C\CC. The minimum absolute atomic E-state index is 0.0304. The van der Waals surface area contributed by atoms with Crippen molar-refractivity contribution in [1.82, 2.24) is 0 Å². The number of hydrogen-bond donors (Lipinski definition) is 3. The van der Waals surface area contributed by atoms with Crippen LogP contribution in [0.15, 0.2) is 194 Å². The molecule has 0 aliphatic rings. The molecule has 0 amide bonds. The van der Waals surface area contributed by atoms with E-state index >= 15 is 0 Å². The van der Waals surface area contributed by atoms with E-state index in [1.165, 1.54) is 0 Å². The van der Waals surface area contributed by atoms with E-state index in [-0.39, 0.29) is 25.7 Å². The van der Waals surface area contributed by atoms with Gasteiger partial charge in [-0.2, -0.15) is 0 Å². The fraction of sp³-hybridized carbons (Fsp3) is 0.596. The molecule has 17 nitrogen and oxygen atoms in total. The van der Waals surface area contributed by atoms with Crippen LogP contribution in [0, 0.1) is 0 Å². The number of ether oxygens (including phenoxy) is 4. The number of rotatable bonds is 74. The summed E-state index contributed by atoms with van der Waals surface area (Å²) in [6.07, 6.45) is 97.0. The van der Waals surface area contributed by atoms with Gasteiger partial charge in [0.05, 0.1) is 26.4 Å². The smallest absolute Gasteiger partial charge is 0.462 e. The second-order valence-electron chi connectivity index (χ2n) is 26.2. The van der Waals surface area contributed by atoms with E-state index < -0.39 is 97.5 Å². The molecule has 0 rings (SSSR count). The van der Waals surface area contributed by atoms with E-state index in [0.717, 1.165) is 193 Å². The summed E-state index contributed by atoms with van der Waals surface area (Å²) in [7, 11) is -10.0. The topological polar surface area (TPSA) is 237 Å². The van der Waals surface area contributed by atoms with Crippen molar-refractivity contribution in [2.45, 2.75) is 303 Å². The van der Waals surface area contributed by atoms with Crippen molar-refractivity contribution in [3.8, 4) is 0 Å². The lowest BCUT2D eigenvalue weighted by Crippen LogP contribution is -2.30. The Morgan fingerprint density at radius 1 is 0.259 bits per heavy atom. The minimum Gasteiger partial charge on any atom is -0.462 e. The van der Waals surface area contributed by atoms with E-state index in [2.05, 4.69) is 222 Å². The highest BCUT2D eigenvalue weighted by Crippen LogP contribution is 2.45. The number of carbonyl (C=O) groups is 4. The van der Waals surface area contributed by atoms with E-state index in [9.17, 15) is 43.2 Å². The van der Waals surface area contributed by atoms with Gasteiger partial charge in [0, 0.05) is 25.7 Å². The first-order valence-electron chi connectivity index (χ1n) is 40.7. The number of allylic oxidation sites excluding steroid dienone is 32. The number of phosphoric ester groups is 2. The monoisotopic (exact) mass is 1540 g/mol. The molecule has 0 radical (unpaired) electrons. The van der Waals surface area contributed by atoms with Crippen LogP contribution in [-0.2, 0) is 65.4 Å². The Labute approximate surface area is 653 Å². The second-order valence-corrected chi connectivity index (χ2v) is 29.1. The van der Waals surface area contributed by atoms with E-state index in [1.807, 2.05) is 0 Å². The van der Waals surface area contributed by atoms with Crippen molar-refractivity contribution < 1.29 is 80.2 Å². The summed E-state index contributed by atoms with van der Waals surface area (Å²) in [6, 6.07) is 0. The van der Waals surface area contributed by atoms with Gasteiger partial charge in [0.15, 0.2) is 12.2 Å². The van der Waals surface area contributed by atoms with Crippen molar-refractivity contribution >= 4 is 39.5 Å². The third kappa shape index (κ3) is 78.0. The number of unbranched alkanes of at least 4 members (excludes halogenated alkanes) is 16. The van der Waals surface area contributed by atoms with Crippen molar-refractivity contribution in [3.63, 3.8) is 0 Å². The molecule has 4 unspecified atom stereocenters. The van der Waals surface area contributed by atoms with Crippen LogP contribution in [-0.4, -0.2) is 96.7 Å². The van der Waals surface area contributed by atoms with Gasteiger partial charge in [0.1, 0.15) is 19.3 Å². The fourth-order valence-electron chi connectivity index (χ4n) is 10.0. The predicted octanol–water partition coefficient (Wildman–Crippen LogP) is 24.1. The molecule has 0 bridgehead atoms. The van der Waals surface area contributed by atoms with Gasteiger partial charge in [-0.15, -0.1) is 0 Å². The number of carbonyl (C=O) groups excluding carboxylic acids is 4. The molecule has 0 aromatic carbocycles. The maximum atomic E-state index is 13.1. The number of phosphoric acid groups is 2. The van der Waals surface area contributed by atoms with Crippen LogP contribution in [0.25, 0.3) is 0 Å². The van der Waals surface area contributed by atoms with Gasteiger partial charge in [0.25, 0.3) is 0 Å². The molecule has 0 fully saturated rings. The van der Waals surface area contributed by atoms with E-state index in [4.69, 9.17) is 37.0 Å². The van der Waals surface area contributed by atoms with Crippen LogP contribution in [0.2, 0.25) is 0 Å². The van der Waals surface area contributed by atoms with Crippen LogP contribution >= 0.6 is 15.6 Å². The Kier molecular flexibility index (Phi) is 74.5. The average Bonchev–Trinajstić information content (AvgIpc) is 0.923. The lowest BCUT2D eigenvalue weighted by Gasteiger charge is -2.21. The molecule has 3 N–H and O–H groups in total. The zero-order chi connectivity index (χ0) is 78.9. The normalized spacial score (nSPS) is 14.8. The van der Waals surface area contributed by atoms with Crippen molar-refractivity contribution in [2.24, 2.45) is 0 Å². The lowest BCUT2D eigenvalue weighted by atomic mass is 10.1. The van der Waals surface area contributed by atoms with Crippen LogP contribution in [0.3, 0.4) is 0 Å². The summed E-state index contributed by atoms with van der Waals surface area (Å²) in [6.45, 7) is 4.27. The highest BCUT2D eigenvalue weighted by atomic mass is 31.2. The zero-order valence-electron chi connectivity index (χ0n) is 66.7. The molecule has 0 saturated carbocycles. The fourth-order valence-corrected chi connectivity index (χ4v) is 11.6. The highest BCUT2D eigenvalue weighted by Gasteiger charge is 2.30. The summed E-state index contributed by atoms with van der Waals surface area (Å²) in [4.78, 5) is 73.1. The van der Waals surface area contributed by atoms with Crippen LogP contribution in [0.4, 0.5) is 0 Å².